The van der Waals surface area contributed by atoms with Gasteiger partial charge >= 0.3 is 6.03 Å². The average Bonchev–Trinajstić information content (AvgIpc) is 2.95. The van der Waals surface area contributed by atoms with Crippen molar-refractivity contribution in [3.8, 4) is 0 Å². The highest BCUT2D eigenvalue weighted by atomic mass is 16.2. The van der Waals surface area contributed by atoms with Crippen molar-refractivity contribution in [3.63, 3.8) is 0 Å². The number of benzene rings is 1. The van der Waals surface area contributed by atoms with E-state index in [0.717, 1.165) is 46.4 Å². The zero-order chi connectivity index (χ0) is 22.6. The number of pyridine rings is 1. The van der Waals surface area contributed by atoms with Gasteiger partial charge in [-0.15, -0.1) is 0 Å². The lowest BCUT2D eigenvalue weighted by atomic mass is 9.56. The van der Waals surface area contributed by atoms with Gasteiger partial charge in [0.1, 0.15) is 5.82 Å². The number of hydrogen-bond acceptors (Lipinski definition) is 5. The third-order valence-electron chi connectivity index (χ3n) is 8.28. The fraction of sp³-hybridized carbons (Fsp3) is 0.520. The van der Waals surface area contributed by atoms with Crippen molar-refractivity contribution in [2.75, 3.05) is 11.9 Å². The molecular formula is C25H28N4O3. The molecule has 3 aliphatic heterocycles. The van der Waals surface area contributed by atoms with Gasteiger partial charge in [0.2, 0.25) is 11.8 Å². The number of amides is 4. The molecule has 1 aromatic heterocycles. The summed E-state index contributed by atoms with van der Waals surface area (Å²) < 4.78 is 0. The highest BCUT2D eigenvalue weighted by Crippen LogP contribution is 2.63. The second-order valence-corrected chi connectivity index (χ2v) is 11.3. The molecule has 2 aromatic rings. The van der Waals surface area contributed by atoms with Crippen LogP contribution in [0.15, 0.2) is 30.3 Å². The monoisotopic (exact) mass is 432 g/mol. The summed E-state index contributed by atoms with van der Waals surface area (Å²) in [7, 11) is 1.47. The minimum atomic E-state index is -1.34. The van der Waals surface area contributed by atoms with Gasteiger partial charge in [-0.2, -0.15) is 0 Å². The molecule has 1 spiro atoms. The predicted molar refractivity (Wildman–Crippen MR) is 120 cm³/mol. The maximum absolute atomic E-state index is 13.8. The van der Waals surface area contributed by atoms with Gasteiger partial charge < -0.3 is 4.90 Å². The number of para-hydroxylation sites is 1. The van der Waals surface area contributed by atoms with Crippen LogP contribution in [0.2, 0.25) is 0 Å². The molecule has 6 rings (SSSR count). The van der Waals surface area contributed by atoms with Crippen LogP contribution in [0.1, 0.15) is 45.6 Å². The third-order valence-corrected chi connectivity index (χ3v) is 8.28. The van der Waals surface area contributed by atoms with Gasteiger partial charge in [0.25, 0.3) is 0 Å². The van der Waals surface area contributed by atoms with E-state index in [2.05, 4.69) is 37.1 Å². The second kappa shape index (κ2) is 5.88. The number of carbonyl (C=O) groups excluding carboxylic acids is 3. The molecule has 2 bridgehead atoms. The predicted octanol–water partition coefficient (Wildman–Crippen LogP) is 3.26. The van der Waals surface area contributed by atoms with Gasteiger partial charge in [-0.3, -0.25) is 19.8 Å². The molecule has 4 aliphatic rings. The summed E-state index contributed by atoms with van der Waals surface area (Å²) in [5.41, 5.74) is 0.317. The van der Waals surface area contributed by atoms with Crippen molar-refractivity contribution in [2.45, 2.75) is 58.5 Å². The first kappa shape index (κ1) is 19.7. The number of urea groups is 1. The lowest BCUT2D eigenvalue weighted by molar-refractivity contribution is -0.155. The van der Waals surface area contributed by atoms with Crippen LogP contribution in [0.5, 0.6) is 0 Å². The Labute approximate surface area is 187 Å². The Balaban J connectivity index is 1.65. The van der Waals surface area contributed by atoms with Gasteiger partial charge in [-0.1, -0.05) is 39.0 Å². The summed E-state index contributed by atoms with van der Waals surface area (Å²) in [6.07, 6.45) is 3.07. The number of carbonyl (C=O) groups is 3. The molecule has 4 heterocycles. The number of barbiturate groups is 1. The molecule has 32 heavy (non-hydrogen) atoms. The lowest BCUT2D eigenvalue weighted by Gasteiger charge is -2.53. The largest absolute Gasteiger partial charge is 0.348 e. The lowest BCUT2D eigenvalue weighted by Crippen LogP contribution is -2.72. The van der Waals surface area contributed by atoms with E-state index in [4.69, 9.17) is 4.98 Å². The number of rotatable bonds is 0. The van der Waals surface area contributed by atoms with E-state index in [1.165, 1.54) is 7.05 Å². The van der Waals surface area contributed by atoms with Crippen molar-refractivity contribution in [1.82, 2.24) is 15.2 Å². The number of fused-ring (bicyclic) bond motifs is 9. The van der Waals surface area contributed by atoms with E-state index in [1.54, 1.807) is 0 Å². The van der Waals surface area contributed by atoms with Crippen molar-refractivity contribution < 1.29 is 14.4 Å². The highest BCUT2D eigenvalue weighted by molar-refractivity contribution is 6.20. The summed E-state index contributed by atoms with van der Waals surface area (Å²) in [6.45, 7) is 6.77. The molecule has 1 N–H and O–H groups in total. The van der Waals surface area contributed by atoms with Crippen molar-refractivity contribution in [1.29, 1.82) is 0 Å². The fourth-order valence-electron chi connectivity index (χ4n) is 7.64. The van der Waals surface area contributed by atoms with Crippen LogP contribution in [0.4, 0.5) is 10.6 Å². The van der Waals surface area contributed by atoms with Crippen LogP contribution in [-0.4, -0.2) is 46.9 Å². The molecule has 3 fully saturated rings. The average molecular weight is 433 g/mol. The first-order valence-corrected chi connectivity index (χ1v) is 11.4. The first-order chi connectivity index (χ1) is 15.1. The van der Waals surface area contributed by atoms with Gasteiger partial charge in [-0.05, 0) is 47.8 Å². The number of imide groups is 2. The van der Waals surface area contributed by atoms with E-state index in [0.29, 0.717) is 0 Å². The van der Waals surface area contributed by atoms with Crippen LogP contribution < -0.4 is 10.2 Å². The second-order valence-electron chi connectivity index (χ2n) is 11.3. The molecule has 1 aliphatic carbocycles. The van der Waals surface area contributed by atoms with Crippen LogP contribution in [0.25, 0.3) is 10.9 Å². The Bertz CT molecular complexity index is 1220. The zero-order valence-electron chi connectivity index (χ0n) is 18.9. The van der Waals surface area contributed by atoms with Crippen molar-refractivity contribution >= 4 is 34.6 Å². The van der Waals surface area contributed by atoms with Crippen LogP contribution in [-0.2, 0) is 16.0 Å². The van der Waals surface area contributed by atoms with E-state index >= 15 is 0 Å². The number of aromatic nitrogens is 1. The SMILES string of the molecule is CN1C(=O)NC(=O)[C@]2(Cc3cc4ccccc4nc3N3[C@H]4CC(C)(C)C[C@@](C)(C4)[C@H]32)C1=O. The summed E-state index contributed by atoms with van der Waals surface area (Å²) in [5.74, 6) is 0.0310. The summed E-state index contributed by atoms with van der Waals surface area (Å²) >= 11 is 0. The molecular weight excluding hydrogens is 404 g/mol. The normalized spacial score (nSPS) is 35.2. The van der Waals surface area contributed by atoms with Crippen LogP contribution in [0.3, 0.4) is 0 Å². The first-order valence-electron chi connectivity index (χ1n) is 11.4. The molecule has 0 unspecified atom stereocenters. The van der Waals surface area contributed by atoms with Gasteiger partial charge in [-0.25, -0.2) is 9.78 Å². The molecule has 4 atom stereocenters. The standard InChI is InChI=1S/C25H28N4O3/c1-23(2)11-16-12-24(3,13-23)19-25(20(30)27-22(32)28(4)21(25)31)10-15-9-14-7-5-6-8-17(14)26-18(15)29(16)19/h5-9,16,19H,10-13H2,1-4H3,(H,27,30,32)/t16-,19-,24+,25+/m0/s1. The number of hydrogen-bond donors (Lipinski definition) is 1. The summed E-state index contributed by atoms with van der Waals surface area (Å²) in [6, 6.07) is 9.24. The molecule has 7 nitrogen and oxygen atoms in total. The molecule has 4 amide bonds. The summed E-state index contributed by atoms with van der Waals surface area (Å²) in [4.78, 5) is 48.2. The minimum absolute atomic E-state index is 0.0864. The smallest absolute Gasteiger partial charge is 0.330 e. The Hall–Kier alpha value is -2.96. The molecule has 0 radical (unpaired) electrons. The molecule has 1 aromatic carbocycles. The quantitative estimate of drug-likeness (QED) is 0.646. The Kier molecular flexibility index (Phi) is 3.62. The van der Waals surface area contributed by atoms with Crippen molar-refractivity contribution in [2.24, 2.45) is 16.2 Å². The highest BCUT2D eigenvalue weighted by Gasteiger charge is 2.71. The van der Waals surface area contributed by atoms with Gasteiger partial charge in [0, 0.05) is 24.9 Å². The Morgan fingerprint density at radius 1 is 1.09 bits per heavy atom. The van der Waals surface area contributed by atoms with E-state index in [9.17, 15) is 14.4 Å². The van der Waals surface area contributed by atoms with Crippen molar-refractivity contribution in [3.05, 3.63) is 35.9 Å². The maximum Gasteiger partial charge on any atom is 0.330 e. The maximum atomic E-state index is 13.8. The minimum Gasteiger partial charge on any atom is -0.348 e. The Morgan fingerprint density at radius 3 is 2.62 bits per heavy atom. The zero-order valence-corrected chi connectivity index (χ0v) is 18.9. The Morgan fingerprint density at radius 2 is 1.84 bits per heavy atom. The van der Waals surface area contributed by atoms with E-state index < -0.39 is 23.3 Å². The van der Waals surface area contributed by atoms with E-state index in [-0.39, 0.29) is 29.3 Å². The van der Waals surface area contributed by atoms with Gasteiger partial charge in [0.05, 0.1) is 11.6 Å². The van der Waals surface area contributed by atoms with Crippen LogP contribution >= 0.6 is 0 Å². The fourth-order valence-corrected chi connectivity index (χ4v) is 7.64. The third kappa shape index (κ3) is 2.31. The number of anilines is 1. The number of nitrogens with zero attached hydrogens (tertiary/aromatic N) is 3. The molecule has 7 heteroatoms. The van der Waals surface area contributed by atoms with Gasteiger partial charge in [0.15, 0.2) is 5.41 Å². The van der Waals surface area contributed by atoms with Crippen LogP contribution in [0, 0.1) is 16.2 Å². The molecule has 166 valence electrons. The number of nitrogens with one attached hydrogen (secondary N) is 1. The molecule has 1 saturated carbocycles. The summed E-state index contributed by atoms with van der Waals surface area (Å²) in [5, 5.41) is 3.49. The molecule has 2 saturated heterocycles. The van der Waals surface area contributed by atoms with E-state index in [1.807, 2.05) is 24.3 Å². The topological polar surface area (TPSA) is 82.6 Å².